The van der Waals surface area contributed by atoms with Gasteiger partial charge < -0.3 is 5.11 Å². The molecule has 0 amide bonds. The summed E-state index contributed by atoms with van der Waals surface area (Å²) in [6, 6.07) is 6.32. The molecule has 0 spiro atoms. The molecular weight excluding hydrogens is 210 g/mol. The first-order valence-corrected chi connectivity index (χ1v) is 6.39. The van der Waals surface area contributed by atoms with Crippen molar-refractivity contribution in [3.05, 3.63) is 29.3 Å². The van der Waals surface area contributed by atoms with Gasteiger partial charge in [-0.25, -0.2) is 0 Å². The van der Waals surface area contributed by atoms with Gasteiger partial charge in [-0.05, 0) is 39.3 Å². The van der Waals surface area contributed by atoms with Crippen LogP contribution in [0.2, 0.25) is 0 Å². The molecule has 0 saturated carbocycles. The molecule has 0 bridgehead atoms. The average Bonchev–Trinajstić information content (AvgIpc) is 2.22. The second kappa shape index (κ2) is 6.06. The second-order valence-corrected chi connectivity index (χ2v) is 5.53. The van der Waals surface area contributed by atoms with Gasteiger partial charge in [0.1, 0.15) is 5.75 Å². The first-order valence-electron chi connectivity index (χ1n) is 6.39. The van der Waals surface area contributed by atoms with Crippen molar-refractivity contribution < 1.29 is 5.11 Å². The van der Waals surface area contributed by atoms with E-state index in [1.165, 1.54) is 12.0 Å². The Morgan fingerprint density at radius 1 is 1.24 bits per heavy atom. The molecule has 0 aromatic heterocycles. The molecule has 17 heavy (non-hydrogen) atoms. The van der Waals surface area contributed by atoms with E-state index in [0.29, 0.717) is 17.7 Å². The van der Waals surface area contributed by atoms with Gasteiger partial charge >= 0.3 is 0 Å². The van der Waals surface area contributed by atoms with E-state index in [4.69, 9.17) is 0 Å². The lowest BCUT2D eigenvalue weighted by Crippen LogP contribution is -2.29. The fraction of sp³-hybridized carbons (Fsp3) is 0.600. The molecule has 0 saturated heterocycles. The molecule has 1 aromatic rings. The normalized spacial score (nSPS) is 13.4. The van der Waals surface area contributed by atoms with Gasteiger partial charge in [-0.15, -0.1) is 0 Å². The molecule has 1 atom stereocenters. The highest BCUT2D eigenvalue weighted by Crippen LogP contribution is 2.21. The largest absolute Gasteiger partial charge is 0.508 e. The van der Waals surface area contributed by atoms with Crippen molar-refractivity contribution in [3.8, 4) is 5.75 Å². The standard InChI is InChI=1S/C15H25NO/c1-11(2)8-13(4)16(5)10-14-9-12(3)6-7-15(14)17/h6-7,9,11,13,17H,8,10H2,1-5H3. The van der Waals surface area contributed by atoms with Crippen LogP contribution in [0.1, 0.15) is 38.3 Å². The first-order chi connectivity index (χ1) is 7.90. The summed E-state index contributed by atoms with van der Waals surface area (Å²) in [7, 11) is 2.12. The van der Waals surface area contributed by atoms with Crippen LogP contribution in [0.5, 0.6) is 5.75 Å². The highest BCUT2D eigenvalue weighted by molar-refractivity contribution is 5.35. The minimum atomic E-state index is 0.402. The summed E-state index contributed by atoms with van der Waals surface area (Å²) in [6.45, 7) is 9.59. The van der Waals surface area contributed by atoms with Crippen LogP contribution in [0.3, 0.4) is 0 Å². The van der Waals surface area contributed by atoms with E-state index >= 15 is 0 Å². The van der Waals surface area contributed by atoms with E-state index in [1.807, 2.05) is 6.07 Å². The smallest absolute Gasteiger partial charge is 0.120 e. The Labute approximate surface area is 105 Å². The van der Waals surface area contributed by atoms with Gasteiger partial charge in [0, 0.05) is 18.2 Å². The number of phenolic OH excluding ortho intramolecular Hbond substituents is 1. The minimum Gasteiger partial charge on any atom is -0.508 e. The maximum atomic E-state index is 9.82. The van der Waals surface area contributed by atoms with E-state index in [-0.39, 0.29) is 0 Å². The highest BCUT2D eigenvalue weighted by atomic mass is 16.3. The fourth-order valence-electron chi connectivity index (χ4n) is 2.13. The van der Waals surface area contributed by atoms with Crippen LogP contribution in [-0.4, -0.2) is 23.1 Å². The molecule has 1 aromatic carbocycles. The Bertz CT molecular complexity index is 360. The summed E-state index contributed by atoms with van der Waals surface area (Å²) in [5.74, 6) is 1.11. The number of rotatable bonds is 5. The van der Waals surface area contributed by atoms with E-state index in [2.05, 4.69) is 45.7 Å². The topological polar surface area (TPSA) is 23.5 Å². The third-order valence-electron chi connectivity index (χ3n) is 3.22. The predicted molar refractivity (Wildman–Crippen MR) is 73.2 cm³/mol. The Balaban J connectivity index is 2.67. The lowest BCUT2D eigenvalue weighted by molar-refractivity contribution is 0.218. The number of hydrogen-bond acceptors (Lipinski definition) is 2. The van der Waals surface area contributed by atoms with Crippen LogP contribution in [0.4, 0.5) is 0 Å². The van der Waals surface area contributed by atoms with Crippen LogP contribution >= 0.6 is 0 Å². The van der Waals surface area contributed by atoms with Crippen molar-refractivity contribution in [2.24, 2.45) is 5.92 Å². The number of hydrogen-bond donors (Lipinski definition) is 1. The maximum Gasteiger partial charge on any atom is 0.120 e. The van der Waals surface area contributed by atoms with Crippen molar-refractivity contribution in [1.29, 1.82) is 0 Å². The molecule has 0 heterocycles. The lowest BCUT2D eigenvalue weighted by Gasteiger charge is -2.26. The molecule has 0 aliphatic carbocycles. The van der Waals surface area contributed by atoms with E-state index in [9.17, 15) is 5.11 Å². The molecule has 1 rings (SSSR count). The van der Waals surface area contributed by atoms with Crippen LogP contribution in [0.25, 0.3) is 0 Å². The molecule has 1 N–H and O–H groups in total. The lowest BCUT2D eigenvalue weighted by atomic mass is 10.0. The average molecular weight is 235 g/mol. The van der Waals surface area contributed by atoms with Crippen molar-refractivity contribution in [2.45, 2.75) is 46.7 Å². The molecule has 0 aliphatic rings. The monoisotopic (exact) mass is 235 g/mol. The van der Waals surface area contributed by atoms with Crippen molar-refractivity contribution in [1.82, 2.24) is 4.90 Å². The summed E-state index contributed by atoms with van der Waals surface area (Å²) in [5, 5.41) is 9.82. The van der Waals surface area contributed by atoms with Gasteiger partial charge in [0.05, 0.1) is 0 Å². The number of phenols is 1. The highest BCUT2D eigenvalue weighted by Gasteiger charge is 2.13. The zero-order valence-electron chi connectivity index (χ0n) is 11.7. The summed E-state index contributed by atoms with van der Waals surface area (Å²) in [6.07, 6.45) is 1.18. The predicted octanol–water partition coefficient (Wildman–Crippen LogP) is 3.57. The Morgan fingerprint density at radius 2 is 1.88 bits per heavy atom. The third-order valence-corrected chi connectivity index (χ3v) is 3.22. The van der Waals surface area contributed by atoms with Crippen molar-refractivity contribution in [2.75, 3.05) is 7.05 Å². The molecule has 0 radical (unpaired) electrons. The summed E-state index contributed by atoms with van der Waals surface area (Å²) in [4.78, 5) is 2.30. The SMILES string of the molecule is Cc1ccc(O)c(CN(C)C(C)CC(C)C)c1. The summed E-state index contributed by atoms with van der Waals surface area (Å²) >= 11 is 0. The third kappa shape index (κ3) is 4.39. The van der Waals surface area contributed by atoms with Crippen LogP contribution in [0.15, 0.2) is 18.2 Å². The maximum absolute atomic E-state index is 9.82. The molecule has 2 nitrogen and oxygen atoms in total. The number of nitrogens with zero attached hydrogens (tertiary/aromatic N) is 1. The number of benzene rings is 1. The molecule has 0 aliphatic heterocycles. The van der Waals surface area contributed by atoms with Gasteiger partial charge in [0.15, 0.2) is 0 Å². The molecule has 96 valence electrons. The van der Waals surface area contributed by atoms with E-state index in [1.54, 1.807) is 6.07 Å². The fourth-order valence-corrected chi connectivity index (χ4v) is 2.13. The summed E-state index contributed by atoms with van der Waals surface area (Å²) < 4.78 is 0. The Kier molecular flexibility index (Phi) is 5.01. The molecule has 2 heteroatoms. The van der Waals surface area contributed by atoms with Crippen molar-refractivity contribution >= 4 is 0 Å². The van der Waals surface area contributed by atoms with Crippen LogP contribution < -0.4 is 0 Å². The van der Waals surface area contributed by atoms with Gasteiger partial charge in [-0.2, -0.15) is 0 Å². The molecular formula is C15H25NO. The van der Waals surface area contributed by atoms with Crippen molar-refractivity contribution in [3.63, 3.8) is 0 Å². The zero-order valence-corrected chi connectivity index (χ0v) is 11.7. The summed E-state index contributed by atoms with van der Waals surface area (Å²) in [5.41, 5.74) is 2.21. The number of aromatic hydroxyl groups is 1. The van der Waals surface area contributed by atoms with Crippen LogP contribution in [0, 0.1) is 12.8 Å². The van der Waals surface area contributed by atoms with Gasteiger partial charge in [-0.1, -0.05) is 31.5 Å². The van der Waals surface area contributed by atoms with Crippen LogP contribution in [-0.2, 0) is 6.54 Å². The molecule has 1 unspecified atom stereocenters. The number of aryl methyl sites for hydroxylation is 1. The Hall–Kier alpha value is -1.02. The van der Waals surface area contributed by atoms with Gasteiger partial charge in [0.2, 0.25) is 0 Å². The van der Waals surface area contributed by atoms with E-state index < -0.39 is 0 Å². The minimum absolute atomic E-state index is 0.402. The Morgan fingerprint density at radius 3 is 2.47 bits per heavy atom. The van der Waals surface area contributed by atoms with E-state index in [0.717, 1.165) is 12.1 Å². The molecule has 0 fully saturated rings. The second-order valence-electron chi connectivity index (χ2n) is 5.53. The first kappa shape index (κ1) is 14.0. The van der Waals surface area contributed by atoms with Gasteiger partial charge in [-0.3, -0.25) is 4.90 Å². The zero-order chi connectivity index (χ0) is 13.0. The quantitative estimate of drug-likeness (QED) is 0.843. The van der Waals surface area contributed by atoms with Gasteiger partial charge in [0.25, 0.3) is 0 Å².